The van der Waals surface area contributed by atoms with Crippen molar-refractivity contribution in [3.05, 3.63) is 33.4 Å². The van der Waals surface area contributed by atoms with Gasteiger partial charge in [0, 0.05) is 23.3 Å². The Hall–Kier alpha value is -1.15. The average Bonchev–Trinajstić information content (AvgIpc) is 2.53. The molecule has 0 bridgehead atoms. The van der Waals surface area contributed by atoms with Gasteiger partial charge in [-0.3, -0.25) is 9.59 Å². The summed E-state index contributed by atoms with van der Waals surface area (Å²) >= 11 is 2.10. The van der Waals surface area contributed by atoms with Crippen molar-refractivity contribution in [2.45, 2.75) is 26.2 Å². The normalized spacial score (nSPS) is 10.3. The van der Waals surface area contributed by atoms with Crippen LogP contribution in [0.3, 0.4) is 0 Å². The second-order valence-corrected chi connectivity index (χ2v) is 6.14. The van der Waals surface area contributed by atoms with Crippen molar-refractivity contribution in [3.8, 4) is 0 Å². The SMILES string of the molecule is CCCCN(CCCO)C(=O)CNC(=O)c1ccccc1I. The van der Waals surface area contributed by atoms with Crippen LogP contribution in [0.5, 0.6) is 0 Å². The molecule has 0 saturated carbocycles. The third-order valence-electron chi connectivity index (χ3n) is 3.24. The number of rotatable bonds is 9. The molecule has 1 rings (SSSR count). The molecule has 6 heteroatoms. The van der Waals surface area contributed by atoms with Gasteiger partial charge in [0.05, 0.1) is 12.1 Å². The molecule has 1 aromatic rings. The van der Waals surface area contributed by atoms with Crippen LogP contribution in [-0.2, 0) is 4.79 Å². The zero-order valence-electron chi connectivity index (χ0n) is 12.8. The maximum absolute atomic E-state index is 12.2. The van der Waals surface area contributed by atoms with E-state index < -0.39 is 0 Å². The third kappa shape index (κ3) is 6.31. The van der Waals surface area contributed by atoms with Crippen LogP contribution >= 0.6 is 22.6 Å². The van der Waals surface area contributed by atoms with Gasteiger partial charge in [0.15, 0.2) is 0 Å². The molecule has 0 saturated heterocycles. The molecule has 2 amide bonds. The molecule has 1 aromatic carbocycles. The number of halogens is 1. The number of amides is 2. The second kappa shape index (κ2) is 10.6. The Morgan fingerprint density at radius 1 is 1.23 bits per heavy atom. The summed E-state index contributed by atoms with van der Waals surface area (Å²) in [5.41, 5.74) is 0.575. The fraction of sp³-hybridized carbons (Fsp3) is 0.500. The van der Waals surface area contributed by atoms with Gasteiger partial charge in [-0.2, -0.15) is 0 Å². The van der Waals surface area contributed by atoms with Crippen molar-refractivity contribution in [1.29, 1.82) is 0 Å². The lowest BCUT2D eigenvalue weighted by molar-refractivity contribution is -0.130. The van der Waals surface area contributed by atoms with Crippen LogP contribution in [0.15, 0.2) is 24.3 Å². The largest absolute Gasteiger partial charge is 0.396 e. The number of aliphatic hydroxyl groups is 1. The molecular formula is C16H23IN2O3. The molecule has 0 spiro atoms. The highest BCUT2D eigenvalue weighted by Crippen LogP contribution is 2.10. The number of nitrogens with zero attached hydrogens (tertiary/aromatic N) is 1. The highest BCUT2D eigenvalue weighted by Gasteiger charge is 2.15. The van der Waals surface area contributed by atoms with Crippen LogP contribution in [0, 0.1) is 3.57 Å². The summed E-state index contributed by atoms with van der Waals surface area (Å²) in [6.07, 6.45) is 2.47. The van der Waals surface area contributed by atoms with Crippen LogP contribution in [0.25, 0.3) is 0 Å². The van der Waals surface area contributed by atoms with Gasteiger partial charge in [-0.25, -0.2) is 0 Å². The van der Waals surface area contributed by atoms with Crippen molar-refractivity contribution in [3.63, 3.8) is 0 Å². The van der Waals surface area contributed by atoms with Gasteiger partial charge < -0.3 is 15.3 Å². The van der Waals surface area contributed by atoms with Gasteiger partial charge in [-0.1, -0.05) is 25.5 Å². The number of carbonyl (C=O) groups excluding carboxylic acids is 2. The summed E-state index contributed by atoms with van der Waals surface area (Å²) in [4.78, 5) is 26.0. The van der Waals surface area contributed by atoms with Gasteiger partial charge in [-0.05, 0) is 47.6 Å². The maximum atomic E-state index is 12.2. The summed E-state index contributed by atoms with van der Waals surface area (Å²) in [5, 5.41) is 11.6. The van der Waals surface area contributed by atoms with Gasteiger partial charge >= 0.3 is 0 Å². The second-order valence-electron chi connectivity index (χ2n) is 4.97. The first-order valence-corrected chi connectivity index (χ1v) is 8.59. The minimum Gasteiger partial charge on any atom is -0.396 e. The Morgan fingerprint density at radius 2 is 1.91 bits per heavy atom. The first kappa shape index (κ1) is 18.9. The summed E-state index contributed by atoms with van der Waals surface area (Å²) in [6, 6.07) is 7.26. The van der Waals surface area contributed by atoms with Crippen LogP contribution < -0.4 is 5.32 Å². The molecule has 0 radical (unpaired) electrons. The van der Waals surface area contributed by atoms with Gasteiger partial charge in [0.2, 0.25) is 5.91 Å². The lowest BCUT2D eigenvalue weighted by Crippen LogP contribution is -2.41. The van der Waals surface area contributed by atoms with E-state index in [9.17, 15) is 9.59 Å². The Kier molecular flexibility index (Phi) is 9.07. The molecule has 22 heavy (non-hydrogen) atoms. The van der Waals surface area contributed by atoms with Crippen molar-refractivity contribution in [2.24, 2.45) is 0 Å². The van der Waals surface area contributed by atoms with Crippen LogP contribution in [0.1, 0.15) is 36.5 Å². The molecule has 0 heterocycles. The maximum Gasteiger partial charge on any atom is 0.252 e. The molecule has 0 aliphatic carbocycles. The topological polar surface area (TPSA) is 69.6 Å². The molecule has 2 N–H and O–H groups in total. The van der Waals surface area contributed by atoms with E-state index in [-0.39, 0.29) is 25.0 Å². The first-order chi connectivity index (χ1) is 10.6. The lowest BCUT2D eigenvalue weighted by Gasteiger charge is -2.22. The molecule has 0 fully saturated rings. The lowest BCUT2D eigenvalue weighted by atomic mass is 10.2. The van der Waals surface area contributed by atoms with E-state index in [1.165, 1.54) is 0 Å². The third-order valence-corrected chi connectivity index (χ3v) is 4.18. The summed E-state index contributed by atoms with van der Waals surface area (Å²) in [6.45, 7) is 3.29. The fourth-order valence-corrected chi connectivity index (χ4v) is 2.61. The van der Waals surface area contributed by atoms with Crippen LogP contribution in [-0.4, -0.2) is 48.1 Å². The van der Waals surface area contributed by atoms with Gasteiger partial charge in [-0.15, -0.1) is 0 Å². The van der Waals surface area contributed by atoms with Crippen molar-refractivity contribution >= 4 is 34.4 Å². The predicted octanol–water partition coefficient (Wildman–Crippen LogP) is 2.03. The Morgan fingerprint density at radius 3 is 2.55 bits per heavy atom. The number of unbranched alkanes of at least 4 members (excludes halogenated alkanes) is 1. The van der Waals surface area contributed by atoms with E-state index in [4.69, 9.17) is 5.11 Å². The van der Waals surface area contributed by atoms with Crippen LogP contribution in [0.2, 0.25) is 0 Å². The molecule has 0 atom stereocenters. The molecular weight excluding hydrogens is 395 g/mol. The van der Waals surface area contributed by atoms with Crippen LogP contribution in [0.4, 0.5) is 0 Å². The van der Waals surface area contributed by atoms with E-state index >= 15 is 0 Å². The van der Waals surface area contributed by atoms with E-state index in [1.54, 1.807) is 17.0 Å². The molecule has 0 aromatic heterocycles. The highest BCUT2D eigenvalue weighted by molar-refractivity contribution is 14.1. The fourth-order valence-electron chi connectivity index (χ4n) is 1.98. The molecule has 122 valence electrons. The summed E-state index contributed by atoms with van der Waals surface area (Å²) < 4.78 is 0.855. The number of hydrogen-bond acceptors (Lipinski definition) is 3. The van der Waals surface area contributed by atoms with E-state index in [0.29, 0.717) is 25.1 Å². The standard InChI is InChI=1S/C16H23IN2O3/c1-2-3-9-19(10-6-11-20)15(21)12-18-16(22)13-7-4-5-8-14(13)17/h4-5,7-8,20H,2-3,6,9-12H2,1H3,(H,18,22). The number of hydrogen-bond donors (Lipinski definition) is 2. The van der Waals surface area contributed by atoms with Gasteiger partial charge in [0.1, 0.15) is 0 Å². The number of carbonyl (C=O) groups is 2. The summed E-state index contributed by atoms with van der Waals surface area (Å²) in [7, 11) is 0. The van der Waals surface area contributed by atoms with Crippen molar-refractivity contribution < 1.29 is 14.7 Å². The van der Waals surface area contributed by atoms with E-state index in [0.717, 1.165) is 16.4 Å². The minimum atomic E-state index is -0.240. The molecule has 5 nitrogen and oxygen atoms in total. The highest BCUT2D eigenvalue weighted by atomic mass is 127. The quantitative estimate of drug-likeness (QED) is 0.604. The van der Waals surface area contributed by atoms with Crippen molar-refractivity contribution in [1.82, 2.24) is 10.2 Å². The van der Waals surface area contributed by atoms with Gasteiger partial charge in [0.25, 0.3) is 5.91 Å². The molecule has 0 unspecified atom stereocenters. The Balaban J connectivity index is 2.54. The Bertz CT molecular complexity index is 486. The minimum absolute atomic E-state index is 0.0149. The van der Waals surface area contributed by atoms with E-state index in [2.05, 4.69) is 34.8 Å². The first-order valence-electron chi connectivity index (χ1n) is 7.51. The van der Waals surface area contributed by atoms with E-state index in [1.807, 2.05) is 12.1 Å². The Labute approximate surface area is 145 Å². The predicted molar refractivity (Wildman–Crippen MR) is 94.7 cm³/mol. The average molecular weight is 418 g/mol. The smallest absolute Gasteiger partial charge is 0.252 e. The molecule has 0 aliphatic heterocycles. The number of nitrogens with one attached hydrogen (secondary N) is 1. The summed E-state index contributed by atoms with van der Waals surface area (Å²) in [5.74, 6) is -0.350. The number of benzene rings is 1. The zero-order chi connectivity index (χ0) is 16.4. The zero-order valence-corrected chi connectivity index (χ0v) is 15.0. The number of aliphatic hydroxyl groups excluding tert-OH is 1. The molecule has 0 aliphatic rings. The monoisotopic (exact) mass is 418 g/mol. The van der Waals surface area contributed by atoms with Crippen molar-refractivity contribution in [2.75, 3.05) is 26.2 Å².